The van der Waals surface area contributed by atoms with E-state index in [9.17, 15) is 9.59 Å². The molecule has 8 nitrogen and oxygen atoms in total. The van der Waals surface area contributed by atoms with Gasteiger partial charge in [0.2, 0.25) is 5.88 Å². The van der Waals surface area contributed by atoms with Gasteiger partial charge in [-0.25, -0.2) is 14.6 Å². The molecule has 8 heteroatoms. The van der Waals surface area contributed by atoms with Gasteiger partial charge in [-0.1, -0.05) is 38.1 Å². The number of ether oxygens (including phenoxy) is 3. The molecule has 3 aromatic rings. The number of carboxylic acids is 1. The summed E-state index contributed by atoms with van der Waals surface area (Å²) in [5, 5.41) is 11.9. The molecule has 0 radical (unpaired) electrons. The van der Waals surface area contributed by atoms with Gasteiger partial charge in [0.05, 0.1) is 5.56 Å². The summed E-state index contributed by atoms with van der Waals surface area (Å²) in [6.07, 6.45) is 2.45. The summed E-state index contributed by atoms with van der Waals surface area (Å²) in [6.45, 7) is 9.85. The number of alkyl carbamates (subject to hydrolysis) is 1. The van der Waals surface area contributed by atoms with Crippen LogP contribution in [0.1, 0.15) is 68.9 Å². The van der Waals surface area contributed by atoms with Crippen molar-refractivity contribution in [1.29, 1.82) is 0 Å². The number of benzene rings is 2. The lowest BCUT2D eigenvalue weighted by molar-refractivity contribution is 0.0362. The van der Waals surface area contributed by atoms with Gasteiger partial charge in [0.25, 0.3) is 0 Å². The topological polar surface area (TPSA) is 107 Å². The van der Waals surface area contributed by atoms with Gasteiger partial charge in [-0.15, -0.1) is 0 Å². The third kappa shape index (κ3) is 6.82. The van der Waals surface area contributed by atoms with Crippen LogP contribution in [-0.4, -0.2) is 39.9 Å². The Morgan fingerprint density at radius 2 is 1.45 bits per heavy atom. The quantitative estimate of drug-likeness (QED) is 0.359. The SMILES string of the molecule is CC(C)(C)OC(=O)NC1CC(Oc2ccc(C(C)(C)c3ccc(Oc4ccc(C(=O)O)cn4)cc3)cc2)C1. The largest absolute Gasteiger partial charge is 0.490 e. The van der Waals surface area contributed by atoms with Crippen molar-refractivity contribution in [3.63, 3.8) is 0 Å². The Hall–Kier alpha value is -4.07. The molecule has 1 aliphatic rings. The molecule has 1 fully saturated rings. The van der Waals surface area contributed by atoms with E-state index >= 15 is 0 Å². The van der Waals surface area contributed by atoms with Crippen LogP contribution in [-0.2, 0) is 10.2 Å². The van der Waals surface area contributed by atoms with Gasteiger partial charge < -0.3 is 24.6 Å². The average molecular weight is 519 g/mol. The number of aromatic carboxylic acids is 1. The number of hydrogen-bond donors (Lipinski definition) is 2. The fourth-order valence-corrected chi connectivity index (χ4v) is 4.19. The number of hydrogen-bond acceptors (Lipinski definition) is 6. The van der Waals surface area contributed by atoms with E-state index in [2.05, 4.69) is 36.3 Å². The standard InChI is InChI=1S/C30H34N2O6/c1-29(2,3)38-28(35)32-22-16-25(17-22)36-23-11-7-20(8-12-23)30(4,5)21-9-13-24(14-10-21)37-26-15-6-19(18-31-26)27(33)34/h6-15,18,22,25H,16-17H2,1-5H3,(H,32,35)(H,33,34). The second kappa shape index (κ2) is 10.7. The molecule has 1 heterocycles. The van der Waals surface area contributed by atoms with Gasteiger partial charge in [0, 0.05) is 36.6 Å². The van der Waals surface area contributed by atoms with Gasteiger partial charge in [-0.2, -0.15) is 0 Å². The molecular weight excluding hydrogens is 484 g/mol. The lowest BCUT2D eigenvalue weighted by Gasteiger charge is -2.36. The zero-order valence-corrected chi connectivity index (χ0v) is 22.4. The predicted octanol–water partition coefficient (Wildman–Crippen LogP) is 6.33. The fraction of sp³-hybridized carbons (Fsp3) is 0.367. The van der Waals surface area contributed by atoms with Crippen LogP contribution in [0.5, 0.6) is 17.4 Å². The third-order valence-corrected chi connectivity index (χ3v) is 6.48. The van der Waals surface area contributed by atoms with Crippen LogP contribution in [0.15, 0.2) is 66.9 Å². The van der Waals surface area contributed by atoms with Crippen molar-refractivity contribution in [3.8, 4) is 17.4 Å². The molecule has 4 rings (SSSR count). The summed E-state index contributed by atoms with van der Waals surface area (Å²) < 4.78 is 17.1. The molecule has 2 aromatic carbocycles. The summed E-state index contributed by atoms with van der Waals surface area (Å²) in [4.78, 5) is 26.9. The zero-order chi connectivity index (χ0) is 27.5. The van der Waals surface area contributed by atoms with Gasteiger partial charge in [0.15, 0.2) is 0 Å². The molecule has 2 N–H and O–H groups in total. The second-order valence-electron chi connectivity index (χ2n) is 11.0. The first-order valence-corrected chi connectivity index (χ1v) is 12.6. The molecule has 0 spiro atoms. The van der Waals surface area contributed by atoms with E-state index in [1.54, 1.807) is 0 Å². The first-order valence-electron chi connectivity index (χ1n) is 12.6. The van der Waals surface area contributed by atoms with Crippen molar-refractivity contribution in [2.24, 2.45) is 0 Å². The van der Waals surface area contributed by atoms with Crippen LogP contribution < -0.4 is 14.8 Å². The van der Waals surface area contributed by atoms with Crippen LogP contribution in [0.4, 0.5) is 4.79 Å². The van der Waals surface area contributed by atoms with Crippen molar-refractivity contribution in [2.45, 2.75) is 70.6 Å². The maximum Gasteiger partial charge on any atom is 0.407 e. The van der Waals surface area contributed by atoms with Crippen LogP contribution in [0.25, 0.3) is 0 Å². The van der Waals surface area contributed by atoms with Crippen molar-refractivity contribution in [1.82, 2.24) is 10.3 Å². The van der Waals surface area contributed by atoms with Gasteiger partial charge in [0.1, 0.15) is 23.2 Å². The molecule has 200 valence electrons. The maximum absolute atomic E-state index is 11.9. The summed E-state index contributed by atoms with van der Waals surface area (Å²) >= 11 is 0. The Kier molecular flexibility index (Phi) is 7.62. The van der Waals surface area contributed by atoms with E-state index in [-0.39, 0.29) is 23.1 Å². The molecule has 1 amide bonds. The highest BCUT2D eigenvalue weighted by molar-refractivity contribution is 5.87. The average Bonchev–Trinajstić information content (AvgIpc) is 2.82. The summed E-state index contributed by atoms with van der Waals surface area (Å²) in [5.74, 6) is 0.717. The number of amides is 1. The number of aromatic nitrogens is 1. The zero-order valence-electron chi connectivity index (χ0n) is 22.4. The van der Waals surface area contributed by atoms with E-state index in [0.29, 0.717) is 11.6 Å². The van der Waals surface area contributed by atoms with E-state index in [0.717, 1.165) is 29.7 Å². The molecule has 38 heavy (non-hydrogen) atoms. The Morgan fingerprint density at radius 1 is 0.868 bits per heavy atom. The highest BCUT2D eigenvalue weighted by atomic mass is 16.6. The number of nitrogens with zero attached hydrogens (tertiary/aromatic N) is 1. The van der Waals surface area contributed by atoms with E-state index < -0.39 is 17.7 Å². The molecule has 0 atom stereocenters. The third-order valence-electron chi connectivity index (χ3n) is 6.48. The molecule has 1 aliphatic carbocycles. The minimum Gasteiger partial charge on any atom is -0.490 e. The van der Waals surface area contributed by atoms with Crippen molar-refractivity contribution < 1.29 is 28.9 Å². The first kappa shape index (κ1) is 27.0. The minimum atomic E-state index is -1.03. The van der Waals surface area contributed by atoms with Crippen molar-refractivity contribution in [3.05, 3.63) is 83.6 Å². The first-order chi connectivity index (χ1) is 17.9. The number of nitrogens with one attached hydrogen (secondary N) is 1. The maximum atomic E-state index is 11.9. The molecule has 1 saturated carbocycles. The molecular formula is C30H34N2O6. The van der Waals surface area contributed by atoms with Gasteiger partial charge in [-0.05, 0) is 62.2 Å². The number of rotatable bonds is 8. The molecule has 0 bridgehead atoms. The normalized spacial score (nSPS) is 17.2. The highest BCUT2D eigenvalue weighted by Gasteiger charge is 2.33. The fourth-order valence-electron chi connectivity index (χ4n) is 4.19. The molecule has 0 aliphatic heterocycles. The smallest absolute Gasteiger partial charge is 0.407 e. The molecule has 0 unspecified atom stereocenters. The summed E-state index contributed by atoms with van der Waals surface area (Å²) in [7, 11) is 0. The Balaban J connectivity index is 1.30. The highest BCUT2D eigenvalue weighted by Crippen LogP contribution is 2.35. The van der Waals surface area contributed by atoms with Crippen LogP contribution in [0, 0.1) is 0 Å². The van der Waals surface area contributed by atoms with Crippen molar-refractivity contribution in [2.75, 3.05) is 0 Å². The number of carbonyl (C=O) groups is 2. The van der Waals surface area contributed by atoms with Crippen molar-refractivity contribution >= 4 is 12.1 Å². The Labute approximate surface area is 223 Å². The van der Waals surface area contributed by atoms with Crippen LogP contribution >= 0.6 is 0 Å². The van der Waals surface area contributed by atoms with Gasteiger partial charge >= 0.3 is 12.1 Å². The van der Waals surface area contributed by atoms with E-state index in [1.165, 1.54) is 18.3 Å². The van der Waals surface area contributed by atoms with E-state index in [4.69, 9.17) is 19.3 Å². The monoisotopic (exact) mass is 518 g/mol. The van der Waals surface area contributed by atoms with Crippen LogP contribution in [0.2, 0.25) is 0 Å². The second-order valence-corrected chi connectivity index (χ2v) is 11.0. The predicted molar refractivity (Wildman–Crippen MR) is 143 cm³/mol. The number of pyridine rings is 1. The Bertz CT molecular complexity index is 1260. The molecule has 1 aromatic heterocycles. The minimum absolute atomic E-state index is 0.0659. The molecule has 0 saturated heterocycles. The lowest BCUT2D eigenvalue weighted by Crippen LogP contribution is -2.50. The number of carboxylic acid groups (broad SMARTS) is 1. The van der Waals surface area contributed by atoms with E-state index in [1.807, 2.05) is 57.2 Å². The number of carbonyl (C=O) groups excluding carboxylic acids is 1. The lowest BCUT2D eigenvalue weighted by atomic mass is 9.78. The summed E-state index contributed by atoms with van der Waals surface area (Å²) in [5.41, 5.74) is 1.60. The summed E-state index contributed by atoms with van der Waals surface area (Å²) in [6, 6.07) is 18.9. The van der Waals surface area contributed by atoms with Gasteiger partial charge in [-0.3, -0.25) is 0 Å². The Morgan fingerprint density at radius 3 is 1.95 bits per heavy atom. The van der Waals surface area contributed by atoms with Crippen LogP contribution in [0.3, 0.4) is 0 Å².